The maximum Gasteiger partial charge on any atom is 0.337 e. The monoisotopic (exact) mass is 607 g/mol. The van der Waals surface area contributed by atoms with Crippen molar-refractivity contribution < 1.29 is 28.7 Å². The molecule has 0 aliphatic rings. The Hall–Kier alpha value is -5.12. The van der Waals surface area contributed by atoms with Gasteiger partial charge in [0.05, 0.1) is 31.8 Å². The number of methoxy groups -OCH3 is 1. The number of imide groups is 1. The van der Waals surface area contributed by atoms with Crippen LogP contribution >= 0.6 is 0 Å². The second kappa shape index (κ2) is 16.1. The van der Waals surface area contributed by atoms with E-state index in [0.29, 0.717) is 11.1 Å². The predicted molar refractivity (Wildman–Crippen MR) is 170 cm³/mol. The number of nitrogens with two attached hydrogens (primary N) is 1. The Bertz CT molecular complexity index is 1570. The van der Waals surface area contributed by atoms with Crippen molar-refractivity contribution in [2.75, 3.05) is 13.7 Å². The van der Waals surface area contributed by atoms with E-state index in [9.17, 15) is 19.2 Å². The maximum absolute atomic E-state index is 13.8. The van der Waals surface area contributed by atoms with Gasteiger partial charge < -0.3 is 20.5 Å². The third kappa shape index (κ3) is 9.43. The van der Waals surface area contributed by atoms with Crippen LogP contribution in [-0.2, 0) is 36.9 Å². The number of hydrogen-bond acceptors (Lipinski definition) is 7. The van der Waals surface area contributed by atoms with Crippen LogP contribution in [-0.4, -0.2) is 49.5 Å². The van der Waals surface area contributed by atoms with Crippen LogP contribution in [0.25, 0.3) is 0 Å². The molecule has 9 heteroatoms. The van der Waals surface area contributed by atoms with E-state index in [1.807, 2.05) is 91.9 Å². The van der Waals surface area contributed by atoms with Gasteiger partial charge in [-0.2, -0.15) is 0 Å². The Balaban J connectivity index is 1.45. The third-order valence-electron chi connectivity index (χ3n) is 7.18. The molecule has 9 nitrogen and oxygen atoms in total. The minimum absolute atomic E-state index is 0.0894. The molecule has 0 unspecified atom stereocenters. The number of ether oxygens (including phenoxy) is 2. The summed E-state index contributed by atoms with van der Waals surface area (Å²) in [6.07, 6.45) is 0.158. The molecule has 0 heterocycles. The van der Waals surface area contributed by atoms with E-state index < -0.39 is 35.8 Å². The number of nitrogens with one attached hydrogen (secondary N) is 2. The molecule has 0 aliphatic carbocycles. The number of carbonyl (C=O) groups excluding carboxylic acids is 4. The quantitative estimate of drug-likeness (QED) is 0.197. The first kappa shape index (κ1) is 32.8. The fraction of sp³-hybridized carbons (Fsp3) is 0.222. The zero-order valence-corrected chi connectivity index (χ0v) is 25.3. The van der Waals surface area contributed by atoms with Crippen molar-refractivity contribution in [2.24, 2.45) is 5.73 Å². The largest absolute Gasteiger partial charge is 0.465 e. The van der Waals surface area contributed by atoms with Crippen LogP contribution in [0.5, 0.6) is 0 Å². The van der Waals surface area contributed by atoms with Gasteiger partial charge in [-0.15, -0.1) is 0 Å². The molecule has 4 N–H and O–H groups in total. The first-order valence-electron chi connectivity index (χ1n) is 14.6. The van der Waals surface area contributed by atoms with Crippen molar-refractivity contribution >= 4 is 23.7 Å². The van der Waals surface area contributed by atoms with Crippen LogP contribution in [0.1, 0.15) is 44.1 Å². The van der Waals surface area contributed by atoms with E-state index in [-0.39, 0.29) is 25.5 Å². The average Bonchev–Trinajstić information content (AvgIpc) is 3.05. The van der Waals surface area contributed by atoms with E-state index in [2.05, 4.69) is 10.6 Å². The van der Waals surface area contributed by atoms with Crippen LogP contribution in [0.3, 0.4) is 0 Å². The molecule has 0 aliphatic heterocycles. The van der Waals surface area contributed by atoms with Gasteiger partial charge in [0.2, 0.25) is 17.7 Å². The van der Waals surface area contributed by atoms with Crippen molar-refractivity contribution in [1.29, 1.82) is 0 Å². The molecule has 0 radical (unpaired) electrons. The molecule has 2 atom stereocenters. The zero-order chi connectivity index (χ0) is 32.2. The molecule has 0 saturated carbocycles. The summed E-state index contributed by atoms with van der Waals surface area (Å²) >= 11 is 0. The third-order valence-corrected chi connectivity index (χ3v) is 7.18. The molecular weight excluding hydrogens is 570 g/mol. The van der Waals surface area contributed by atoms with Crippen molar-refractivity contribution in [3.63, 3.8) is 0 Å². The van der Waals surface area contributed by atoms with E-state index in [0.717, 1.165) is 22.3 Å². The van der Waals surface area contributed by atoms with Crippen molar-refractivity contribution in [3.05, 3.63) is 143 Å². The Kier molecular flexibility index (Phi) is 11.7. The summed E-state index contributed by atoms with van der Waals surface area (Å²) in [6, 6.07) is 30.7. The zero-order valence-electron chi connectivity index (χ0n) is 25.3. The van der Waals surface area contributed by atoms with Crippen molar-refractivity contribution in [2.45, 2.75) is 38.0 Å². The molecular formula is C36H37N3O6. The molecule has 0 saturated heterocycles. The number of benzene rings is 4. The summed E-state index contributed by atoms with van der Waals surface area (Å²) in [5, 5.41) is 5.26. The number of carbonyl (C=O) groups is 4. The van der Waals surface area contributed by atoms with Gasteiger partial charge in [-0.25, -0.2) is 4.79 Å². The normalized spacial score (nSPS) is 12.2. The minimum Gasteiger partial charge on any atom is -0.465 e. The minimum atomic E-state index is -1.16. The van der Waals surface area contributed by atoms with Crippen molar-refractivity contribution in [1.82, 2.24) is 10.6 Å². The molecule has 3 amide bonds. The van der Waals surface area contributed by atoms with Gasteiger partial charge in [0, 0.05) is 6.42 Å². The van der Waals surface area contributed by atoms with Crippen LogP contribution < -0.4 is 16.4 Å². The van der Waals surface area contributed by atoms with E-state index in [1.165, 1.54) is 7.11 Å². The topological polar surface area (TPSA) is 137 Å². The highest BCUT2D eigenvalue weighted by Gasteiger charge is 2.30. The SMILES string of the molecule is COC(=O)c1cccc(COC[C@H](N)C(=O)NC(=O)[C@H](Cc2cccc(C)c2)NC(=O)C(c2ccccc2)c2ccccc2)c1. The standard InChI is InChI=1S/C36H37N3O6/c1-24-11-9-12-25(19-24)21-31(38-35(42)32(27-14-5-3-6-15-27)28-16-7-4-8-17-28)34(41)39-33(40)30(37)23-45-22-26-13-10-18-29(20-26)36(43)44-2/h3-20,30-32H,21-23,37H2,1-2H3,(H,38,42)(H,39,40,41)/t30-,31-/m0/s1. The van der Waals surface area contributed by atoms with Crippen LogP contribution in [0.4, 0.5) is 0 Å². The van der Waals surface area contributed by atoms with Gasteiger partial charge >= 0.3 is 5.97 Å². The number of rotatable bonds is 13. The molecule has 4 aromatic rings. The van der Waals surface area contributed by atoms with Gasteiger partial charge in [0.1, 0.15) is 12.1 Å². The summed E-state index contributed by atoms with van der Waals surface area (Å²) in [4.78, 5) is 52.1. The highest BCUT2D eigenvalue weighted by molar-refractivity contribution is 6.02. The predicted octanol–water partition coefficient (Wildman–Crippen LogP) is 3.83. The highest BCUT2D eigenvalue weighted by atomic mass is 16.5. The van der Waals surface area contributed by atoms with Crippen LogP contribution in [0, 0.1) is 6.92 Å². The summed E-state index contributed by atoms with van der Waals surface area (Å²) < 4.78 is 10.3. The summed E-state index contributed by atoms with van der Waals surface area (Å²) in [5.41, 5.74) is 10.5. The second-order valence-electron chi connectivity index (χ2n) is 10.7. The van der Waals surface area contributed by atoms with Gasteiger partial charge in [0.25, 0.3) is 0 Å². The molecule has 0 fully saturated rings. The van der Waals surface area contributed by atoms with E-state index >= 15 is 0 Å². The van der Waals surface area contributed by atoms with Gasteiger partial charge in [0.15, 0.2) is 0 Å². The Morgan fingerprint density at radius 1 is 0.733 bits per heavy atom. The summed E-state index contributed by atoms with van der Waals surface area (Å²) in [5.74, 6) is -2.96. The average molecular weight is 608 g/mol. The second-order valence-corrected chi connectivity index (χ2v) is 10.7. The van der Waals surface area contributed by atoms with Crippen molar-refractivity contribution in [3.8, 4) is 0 Å². The summed E-state index contributed by atoms with van der Waals surface area (Å²) in [7, 11) is 1.30. The lowest BCUT2D eigenvalue weighted by molar-refractivity contribution is -0.135. The Labute approximate surface area is 262 Å². The fourth-order valence-electron chi connectivity index (χ4n) is 4.91. The van der Waals surface area contributed by atoms with Gasteiger partial charge in [-0.05, 0) is 41.3 Å². The van der Waals surface area contributed by atoms with Gasteiger partial charge in [-0.3, -0.25) is 19.7 Å². The van der Waals surface area contributed by atoms with E-state index in [1.54, 1.807) is 24.3 Å². The first-order chi connectivity index (χ1) is 21.7. The Morgan fingerprint density at radius 3 is 1.98 bits per heavy atom. The lowest BCUT2D eigenvalue weighted by Crippen LogP contribution is -2.54. The van der Waals surface area contributed by atoms with Crippen LogP contribution in [0.2, 0.25) is 0 Å². The first-order valence-corrected chi connectivity index (χ1v) is 14.6. The highest BCUT2D eigenvalue weighted by Crippen LogP contribution is 2.25. The Morgan fingerprint density at radius 2 is 1.36 bits per heavy atom. The number of esters is 1. The summed E-state index contributed by atoms with van der Waals surface area (Å²) in [6.45, 7) is 1.85. The molecule has 232 valence electrons. The molecule has 45 heavy (non-hydrogen) atoms. The molecule has 0 spiro atoms. The van der Waals surface area contributed by atoms with Gasteiger partial charge in [-0.1, -0.05) is 103 Å². The number of amides is 3. The van der Waals surface area contributed by atoms with E-state index in [4.69, 9.17) is 15.2 Å². The molecule has 0 bridgehead atoms. The molecule has 4 rings (SSSR count). The fourth-order valence-corrected chi connectivity index (χ4v) is 4.91. The smallest absolute Gasteiger partial charge is 0.337 e. The molecule has 4 aromatic carbocycles. The lowest BCUT2D eigenvalue weighted by Gasteiger charge is -2.23. The molecule has 0 aromatic heterocycles. The number of aryl methyl sites for hydroxylation is 1. The lowest BCUT2D eigenvalue weighted by atomic mass is 9.90. The maximum atomic E-state index is 13.8. The number of hydrogen-bond donors (Lipinski definition) is 3. The van der Waals surface area contributed by atoms with Crippen LogP contribution in [0.15, 0.2) is 109 Å².